The summed E-state index contributed by atoms with van der Waals surface area (Å²) >= 11 is 0. The molecule has 3 aromatic rings. The van der Waals surface area contributed by atoms with Gasteiger partial charge in [-0.2, -0.15) is 0 Å². The van der Waals surface area contributed by atoms with Gasteiger partial charge in [-0.1, -0.05) is 24.3 Å². The lowest BCUT2D eigenvalue weighted by Gasteiger charge is -2.25. The molecule has 1 aliphatic heterocycles. The lowest BCUT2D eigenvalue weighted by molar-refractivity contribution is -0.130. The molecular weight excluding hydrogens is 381 g/mol. The van der Waals surface area contributed by atoms with Crippen molar-refractivity contribution in [2.24, 2.45) is 0 Å². The van der Waals surface area contributed by atoms with Gasteiger partial charge in [0, 0.05) is 42.9 Å². The number of aryl methyl sites for hydroxylation is 1. The standard InChI is InChI=1S/C24H26FN3O2/c1-17-14-21(20-8-4-9-22(30-2)24(20)26-17)27-10-5-11-28(13-12-27)23(29)16-18-6-3-7-19(25)15-18/h3-4,6-9,14-15H,5,10-13,16H2,1-2H3. The van der Waals surface area contributed by atoms with Gasteiger partial charge in [0.2, 0.25) is 5.91 Å². The maximum Gasteiger partial charge on any atom is 0.227 e. The van der Waals surface area contributed by atoms with Gasteiger partial charge < -0.3 is 14.5 Å². The molecule has 2 heterocycles. The van der Waals surface area contributed by atoms with E-state index in [4.69, 9.17) is 4.74 Å². The molecule has 30 heavy (non-hydrogen) atoms. The van der Waals surface area contributed by atoms with Gasteiger partial charge in [-0.15, -0.1) is 0 Å². The topological polar surface area (TPSA) is 45.7 Å². The minimum Gasteiger partial charge on any atom is -0.494 e. The number of aromatic nitrogens is 1. The second-order valence-electron chi connectivity index (χ2n) is 7.67. The first kappa shape index (κ1) is 20.1. The van der Waals surface area contributed by atoms with E-state index in [2.05, 4.69) is 22.0 Å². The number of amides is 1. The summed E-state index contributed by atoms with van der Waals surface area (Å²) in [7, 11) is 1.66. The number of hydrogen-bond donors (Lipinski definition) is 0. The Bertz CT molecular complexity index is 1070. The summed E-state index contributed by atoms with van der Waals surface area (Å²) in [6.45, 7) is 4.93. The van der Waals surface area contributed by atoms with Crippen molar-refractivity contribution in [2.75, 3.05) is 38.2 Å². The molecule has 0 bridgehead atoms. The SMILES string of the molecule is COc1cccc2c(N3CCCN(C(=O)Cc4cccc(F)c4)CC3)cc(C)nc12. The number of para-hydroxylation sites is 1. The van der Waals surface area contributed by atoms with E-state index >= 15 is 0 Å². The molecule has 2 aromatic carbocycles. The van der Waals surface area contributed by atoms with E-state index in [1.54, 1.807) is 19.2 Å². The van der Waals surface area contributed by atoms with E-state index in [1.165, 1.54) is 12.1 Å². The van der Waals surface area contributed by atoms with Crippen LogP contribution in [0.15, 0.2) is 48.5 Å². The van der Waals surface area contributed by atoms with Crippen molar-refractivity contribution in [2.45, 2.75) is 19.8 Å². The van der Waals surface area contributed by atoms with Crippen LogP contribution in [0.25, 0.3) is 10.9 Å². The van der Waals surface area contributed by atoms with Gasteiger partial charge in [0.15, 0.2) is 0 Å². The summed E-state index contributed by atoms with van der Waals surface area (Å²) in [4.78, 5) is 21.7. The number of halogens is 1. The molecule has 4 rings (SSSR count). The zero-order chi connectivity index (χ0) is 21.1. The van der Waals surface area contributed by atoms with E-state index in [0.29, 0.717) is 18.7 Å². The Morgan fingerprint density at radius 2 is 1.93 bits per heavy atom. The quantitative estimate of drug-likeness (QED) is 0.657. The largest absolute Gasteiger partial charge is 0.494 e. The van der Waals surface area contributed by atoms with E-state index < -0.39 is 0 Å². The summed E-state index contributed by atoms with van der Waals surface area (Å²) in [6, 6.07) is 14.3. The first-order chi connectivity index (χ1) is 14.5. The number of pyridine rings is 1. The van der Waals surface area contributed by atoms with Crippen molar-refractivity contribution < 1.29 is 13.9 Å². The van der Waals surface area contributed by atoms with Crippen LogP contribution in [-0.2, 0) is 11.2 Å². The second kappa shape index (κ2) is 8.69. The number of rotatable bonds is 4. The molecule has 0 saturated carbocycles. The minimum absolute atomic E-state index is 0.0416. The number of benzene rings is 2. The molecule has 156 valence electrons. The highest BCUT2D eigenvalue weighted by molar-refractivity contribution is 5.95. The van der Waals surface area contributed by atoms with Crippen molar-refractivity contribution in [1.82, 2.24) is 9.88 Å². The van der Waals surface area contributed by atoms with Crippen molar-refractivity contribution >= 4 is 22.5 Å². The first-order valence-corrected chi connectivity index (χ1v) is 10.3. The van der Waals surface area contributed by atoms with Crippen LogP contribution >= 0.6 is 0 Å². The lowest BCUT2D eigenvalue weighted by Crippen LogP contribution is -2.36. The van der Waals surface area contributed by atoms with Gasteiger partial charge in [-0.3, -0.25) is 4.79 Å². The van der Waals surface area contributed by atoms with Crippen LogP contribution in [0.4, 0.5) is 10.1 Å². The third kappa shape index (κ3) is 4.22. The van der Waals surface area contributed by atoms with Crippen molar-refractivity contribution in [3.05, 3.63) is 65.6 Å². The van der Waals surface area contributed by atoms with Crippen molar-refractivity contribution in [3.8, 4) is 5.75 Å². The predicted octanol–water partition coefficient (Wildman–Crippen LogP) is 3.97. The Morgan fingerprint density at radius 1 is 1.10 bits per heavy atom. The highest BCUT2D eigenvalue weighted by Gasteiger charge is 2.21. The van der Waals surface area contributed by atoms with Gasteiger partial charge in [-0.05, 0) is 43.2 Å². The van der Waals surface area contributed by atoms with E-state index in [0.717, 1.165) is 47.5 Å². The zero-order valence-corrected chi connectivity index (χ0v) is 17.4. The molecule has 0 N–H and O–H groups in total. The monoisotopic (exact) mass is 407 g/mol. The molecule has 0 aliphatic carbocycles. The second-order valence-corrected chi connectivity index (χ2v) is 7.67. The van der Waals surface area contributed by atoms with Crippen LogP contribution in [0.2, 0.25) is 0 Å². The summed E-state index contributed by atoms with van der Waals surface area (Å²) in [5, 5.41) is 1.06. The van der Waals surface area contributed by atoms with Crippen LogP contribution < -0.4 is 9.64 Å². The molecule has 0 spiro atoms. The molecule has 1 amide bonds. The van der Waals surface area contributed by atoms with Gasteiger partial charge in [-0.25, -0.2) is 9.37 Å². The van der Waals surface area contributed by atoms with E-state index in [-0.39, 0.29) is 18.1 Å². The fraction of sp³-hybridized carbons (Fsp3) is 0.333. The fourth-order valence-electron chi connectivity index (χ4n) is 4.10. The predicted molar refractivity (Wildman–Crippen MR) is 117 cm³/mol. The third-order valence-electron chi connectivity index (χ3n) is 5.56. The van der Waals surface area contributed by atoms with Gasteiger partial charge in [0.1, 0.15) is 17.1 Å². The molecule has 1 saturated heterocycles. The Balaban J connectivity index is 1.53. The number of carbonyl (C=O) groups is 1. The number of nitrogens with zero attached hydrogens (tertiary/aromatic N) is 3. The molecule has 1 aromatic heterocycles. The van der Waals surface area contributed by atoms with Crippen LogP contribution in [0.3, 0.4) is 0 Å². The molecule has 1 fully saturated rings. The van der Waals surface area contributed by atoms with E-state index in [1.807, 2.05) is 24.0 Å². The van der Waals surface area contributed by atoms with E-state index in [9.17, 15) is 9.18 Å². The summed E-state index contributed by atoms with van der Waals surface area (Å²) in [5.74, 6) is 0.497. The maximum absolute atomic E-state index is 13.4. The van der Waals surface area contributed by atoms with Gasteiger partial charge in [0.05, 0.1) is 13.5 Å². The Kier molecular flexibility index (Phi) is 5.84. The summed E-state index contributed by atoms with van der Waals surface area (Å²) < 4.78 is 18.9. The summed E-state index contributed by atoms with van der Waals surface area (Å²) in [5.41, 5.74) is 3.63. The normalized spacial score (nSPS) is 14.6. The smallest absolute Gasteiger partial charge is 0.227 e. The van der Waals surface area contributed by atoms with Crippen molar-refractivity contribution in [3.63, 3.8) is 0 Å². The number of anilines is 1. The van der Waals surface area contributed by atoms with Crippen LogP contribution in [-0.4, -0.2) is 49.1 Å². The third-order valence-corrected chi connectivity index (χ3v) is 5.56. The molecule has 1 aliphatic rings. The van der Waals surface area contributed by atoms with Crippen molar-refractivity contribution in [1.29, 1.82) is 0 Å². The Morgan fingerprint density at radius 3 is 2.73 bits per heavy atom. The fourth-order valence-corrected chi connectivity index (χ4v) is 4.10. The molecular formula is C24H26FN3O2. The molecule has 0 radical (unpaired) electrons. The minimum atomic E-state index is -0.308. The number of methoxy groups -OCH3 is 1. The Hall–Kier alpha value is -3.15. The Labute approximate surface area is 176 Å². The number of hydrogen-bond acceptors (Lipinski definition) is 4. The molecule has 5 nitrogen and oxygen atoms in total. The molecule has 6 heteroatoms. The van der Waals surface area contributed by atoms with Gasteiger partial charge >= 0.3 is 0 Å². The number of fused-ring (bicyclic) bond motifs is 1. The first-order valence-electron chi connectivity index (χ1n) is 10.3. The molecule has 0 unspecified atom stereocenters. The average Bonchev–Trinajstić information content (AvgIpc) is 2.99. The van der Waals surface area contributed by atoms with Crippen LogP contribution in [0.1, 0.15) is 17.7 Å². The maximum atomic E-state index is 13.4. The van der Waals surface area contributed by atoms with Gasteiger partial charge in [0.25, 0.3) is 0 Å². The summed E-state index contributed by atoms with van der Waals surface area (Å²) in [6.07, 6.45) is 1.11. The highest BCUT2D eigenvalue weighted by Crippen LogP contribution is 2.32. The zero-order valence-electron chi connectivity index (χ0n) is 17.4. The average molecular weight is 407 g/mol. The van der Waals surface area contributed by atoms with Crippen LogP contribution in [0, 0.1) is 12.7 Å². The highest BCUT2D eigenvalue weighted by atomic mass is 19.1. The number of carbonyl (C=O) groups excluding carboxylic acids is 1. The molecule has 0 atom stereocenters. The van der Waals surface area contributed by atoms with Crippen LogP contribution in [0.5, 0.6) is 5.75 Å². The number of ether oxygens (including phenoxy) is 1. The lowest BCUT2D eigenvalue weighted by atomic mass is 10.1.